The summed E-state index contributed by atoms with van der Waals surface area (Å²) < 4.78 is 1.69. The number of amides is 2. The molecule has 0 saturated carbocycles. The molecule has 0 aliphatic heterocycles. The van der Waals surface area contributed by atoms with Gasteiger partial charge in [0.25, 0.3) is 5.91 Å². The average molecular weight is 431 g/mol. The maximum atomic E-state index is 12.3. The Morgan fingerprint density at radius 2 is 2.21 bits per heavy atom. The van der Waals surface area contributed by atoms with E-state index in [1.54, 1.807) is 29.1 Å². The molecule has 1 unspecified atom stereocenters. The first-order chi connectivity index (χ1) is 13.9. The van der Waals surface area contributed by atoms with Gasteiger partial charge < -0.3 is 10.4 Å². The van der Waals surface area contributed by atoms with Crippen molar-refractivity contribution >= 4 is 40.1 Å². The van der Waals surface area contributed by atoms with E-state index in [2.05, 4.69) is 20.7 Å². The fourth-order valence-electron chi connectivity index (χ4n) is 2.53. The molecule has 9 nitrogen and oxygen atoms in total. The third-order valence-corrected chi connectivity index (χ3v) is 4.89. The van der Waals surface area contributed by atoms with E-state index in [0.717, 1.165) is 16.9 Å². The van der Waals surface area contributed by atoms with Crippen molar-refractivity contribution in [3.63, 3.8) is 0 Å². The minimum Gasteiger partial charge on any atom is -0.465 e. The third kappa shape index (κ3) is 5.10. The van der Waals surface area contributed by atoms with Gasteiger partial charge in [0.2, 0.25) is 0 Å². The zero-order valence-electron chi connectivity index (χ0n) is 15.1. The van der Waals surface area contributed by atoms with E-state index in [1.165, 1.54) is 5.38 Å². The second-order valence-electron chi connectivity index (χ2n) is 6.07. The van der Waals surface area contributed by atoms with E-state index in [4.69, 9.17) is 22.0 Å². The lowest BCUT2D eigenvalue weighted by molar-refractivity contribution is 0.0931. The van der Waals surface area contributed by atoms with Crippen LogP contribution in [0.15, 0.2) is 35.8 Å². The fourth-order valence-corrected chi connectivity index (χ4v) is 3.44. The molecule has 3 aromatic rings. The number of anilines is 1. The van der Waals surface area contributed by atoms with Crippen LogP contribution in [0.5, 0.6) is 0 Å². The van der Waals surface area contributed by atoms with Crippen LogP contribution in [0.4, 0.5) is 9.93 Å². The van der Waals surface area contributed by atoms with Crippen molar-refractivity contribution in [3.8, 4) is 17.3 Å². The van der Waals surface area contributed by atoms with Gasteiger partial charge in [0, 0.05) is 23.2 Å². The smallest absolute Gasteiger partial charge is 0.410 e. The van der Waals surface area contributed by atoms with E-state index < -0.39 is 12.0 Å². The maximum absolute atomic E-state index is 12.3. The van der Waals surface area contributed by atoms with Crippen molar-refractivity contribution in [2.45, 2.75) is 19.5 Å². The first kappa shape index (κ1) is 20.3. The lowest BCUT2D eigenvalue weighted by Gasteiger charge is -2.13. The Labute approximate surface area is 174 Å². The first-order valence-electron chi connectivity index (χ1n) is 8.35. The predicted molar refractivity (Wildman–Crippen MR) is 108 cm³/mol. The summed E-state index contributed by atoms with van der Waals surface area (Å²) in [6.07, 6.45) is 0.541. The molecule has 3 rings (SSSR count). The Balaban J connectivity index is 1.61. The number of hydrogen-bond donors (Lipinski definition) is 3. The number of nitrogens with zero attached hydrogens (tertiary/aromatic N) is 4. The van der Waals surface area contributed by atoms with E-state index in [0.29, 0.717) is 22.8 Å². The summed E-state index contributed by atoms with van der Waals surface area (Å²) in [5.41, 5.74) is 2.01. The van der Waals surface area contributed by atoms with Crippen molar-refractivity contribution < 1.29 is 14.7 Å². The van der Waals surface area contributed by atoms with Crippen molar-refractivity contribution in [3.05, 3.63) is 52.1 Å². The zero-order valence-corrected chi connectivity index (χ0v) is 16.7. The lowest BCUT2D eigenvalue weighted by Crippen LogP contribution is -2.36. The molecule has 0 fully saturated rings. The minimum absolute atomic E-state index is 0.132. The number of carboxylic acid groups (broad SMARTS) is 1. The highest BCUT2D eigenvalue weighted by Crippen LogP contribution is 2.24. The molecule has 0 radical (unpaired) electrons. The van der Waals surface area contributed by atoms with Crippen LogP contribution in [-0.2, 0) is 6.54 Å². The molecule has 1 atom stereocenters. The fraction of sp³-hybridized carbons (Fsp3) is 0.167. The molecular weight excluding hydrogens is 416 g/mol. The van der Waals surface area contributed by atoms with Gasteiger partial charge in [-0.2, -0.15) is 10.4 Å². The molecule has 3 N–H and O–H groups in total. The summed E-state index contributed by atoms with van der Waals surface area (Å²) in [7, 11) is 0. The number of carbonyl (C=O) groups is 2. The Morgan fingerprint density at radius 3 is 2.90 bits per heavy atom. The van der Waals surface area contributed by atoms with Gasteiger partial charge in [0.05, 0.1) is 22.8 Å². The van der Waals surface area contributed by atoms with Crippen LogP contribution in [0.3, 0.4) is 0 Å². The standard InChI is InChI=1S/C18H15ClN6O3S/c1-10(21-16(26)15-9-29-17(22-15)23-18(27)28)8-25-5-4-14(24-25)11-2-3-12(7-20)13(19)6-11/h2-6,9-10H,8H2,1H3,(H,21,26)(H,22,23)(H,27,28). The van der Waals surface area contributed by atoms with Crippen molar-refractivity contribution in [1.29, 1.82) is 5.26 Å². The number of hydrogen-bond acceptors (Lipinski definition) is 6. The van der Waals surface area contributed by atoms with Gasteiger partial charge in [-0.25, -0.2) is 9.78 Å². The Bertz CT molecular complexity index is 1100. The molecule has 0 saturated heterocycles. The van der Waals surface area contributed by atoms with Crippen LogP contribution in [0.2, 0.25) is 5.02 Å². The summed E-state index contributed by atoms with van der Waals surface area (Å²) in [5, 5.41) is 29.0. The molecular formula is C18H15ClN6O3S. The van der Waals surface area contributed by atoms with Crippen LogP contribution in [0, 0.1) is 11.3 Å². The highest BCUT2D eigenvalue weighted by molar-refractivity contribution is 7.14. The molecule has 148 valence electrons. The molecule has 11 heteroatoms. The van der Waals surface area contributed by atoms with Gasteiger partial charge in [-0.15, -0.1) is 11.3 Å². The summed E-state index contributed by atoms with van der Waals surface area (Å²) in [6.45, 7) is 2.24. The second kappa shape index (κ2) is 8.72. The van der Waals surface area contributed by atoms with Crippen molar-refractivity contribution in [1.82, 2.24) is 20.1 Å². The number of carbonyl (C=O) groups excluding carboxylic acids is 1. The summed E-state index contributed by atoms with van der Waals surface area (Å²) >= 11 is 7.10. The number of rotatable bonds is 6. The molecule has 0 spiro atoms. The number of benzene rings is 1. The van der Waals surface area contributed by atoms with E-state index in [-0.39, 0.29) is 16.9 Å². The highest BCUT2D eigenvalue weighted by atomic mass is 35.5. The molecule has 1 aromatic carbocycles. The molecule has 0 bridgehead atoms. The first-order valence-corrected chi connectivity index (χ1v) is 9.61. The minimum atomic E-state index is -1.24. The topological polar surface area (TPSA) is 133 Å². The Morgan fingerprint density at radius 1 is 1.41 bits per heavy atom. The number of thiazole rings is 1. The number of nitrogens with one attached hydrogen (secondary N) is 2. The molecule has 2 aromatic heterocycles. The highest BCUT2D eigenvalue weighted by Gasteiger charge is 2.15. The van der Waals surface area contributed by atoms with Crippen LogP contribution in [-0.4, -0.2) is 37.9 Å². The van der Waals surface area contributed by atoms with Crippen molar-refractivity contribution in [2.75, 3.05) is 5.32 Å². The van der Waals surface area contributed by atoms with Crippen LogP contribution >= 0.6 is 22.9 Å². The van der Waals surface area contributed by atoms with Gasteiger partial charge in [-0.1, -0.05) is 17.7 Å². The molecule has 2 amide bonds. The maximum Gasteiger partial charge on any atom is 0.410 e. The number of aromatic nitrogens is 3. The monoisotopic (exact) mass is 430 g/mol. The van der Waals surface area contributed by atoms with Gasteiger partial charge in [0.1, 0.15) is 11.8 Å². The van der Waals surface area contributed by atoms with Crippen LogP contribution < -0.4 is 10.6 Å². The van der Waals surface area contributed by atoms with Crippen LogP contribution in [0.25, 0.3) is 11.3 Å². The number of halogens is 1. The average Bonchev–Trinajstić information content (AvgIpc) is 3.30. The number of nitriles is 1. The summed E-state index contributed by atoms with van der Waals surface area (Å²) in [5.74, 6) is -0.404. The molecule has 29 heavy (non-hydrogen) atoms. The van der Waals surface area contributed by atoms with E-state index >= 15 is 0 Å². The van der Waals surface area contributed by atoms with Gasteiger partial charge in [0.15, 0.2) is 5.13 Å². The summed E-state index contributed by atoms with van der Waals surface area (Å²) in [4.78, 5) is 26.8. The predicted octanol–water partition coefficient (Wildman–Crippen LogP) is 3.44. The van der Waals surface area contributed by atoms with Gasteiger partial charge in [-0.3, -0.25) is 14.8 Å². The largest absolute Gasteiger partial charge is 0.465 e. The second-order valence-corrected chi connectivity index (χ2v) is 7.34. The molecule has 0 aliphatic carbocycles. The van der Waals surface area contributed by atoms with Gasteiger partial charge in [-0.05, 0) is 25.1 Å². The van der Waals surface area contributed by atoms with Crippen LogP contribution in [0.1, 0.15) is 23.0 Å². The zero-order chi connectivity index (χ0) is 21.0. The lowest BCUT2D eigenvalue weighted by atomic mass is 10.1. The third-order valence-electron chi connectivity index (χ3n) is 3.82. The van der Waals surface area contributed by atoms with E-state index in [1.807, 2.05) is 19.1 Å². The normalized spacial score (nSPS) is 11.5. The van der Waals surface area contributed by atoms with Gasteiger partial charge >= 0.3 is 6.09 Å². The SMILES string of the molecule is CC(Cn1ccc(-c2ccc(C#N)c(Cl)c2)n1)NC(=O)c1csc(NC(=O)O)n1. The Hall–Kier alpha value is -3.42. The quantitative estimate of drug-likeness (QED) is 0.548. The Kier molecular flexibility index (Phi) is 6.11. The van der Waals surface area contributed by atoms with E-state index in [9.17, 15) is 9.59 Å². The molecule has 2 heterocycles. The van der Waals surface area contributed by atoms with Crippen molar-refractivity contribution in [2.24, 2.45) is 0 Å². The summed E-state index contributed by atoms with van der Waals surface area (Å²) in [6, 6.07) is 8.67. The molecule has 0 aliphatic rings.